The van der Waals surface area contributed by atoms with Gasteiger partial charge in [-0.15, -0.1) is 22.7 Å². The molecule has 0 radical (unpaired) electrons. The highest BCUT2D eigenvalue weighted by molar-refractivity contribution is 7.94. The second-order valence-corrected chi connectivity index (χ2v) is 9.18. The maximum absolute atomic E-state index is 12.3. The number of aromatic nitrogens is 1. The number of aryl methyl sites for hydroxylation is 1. The van der Waals surface area contributed by atoms with Gasteiger partial charge in [0.15, 0.2) is 0 Å². The van der Waals surface area contributed by atoms with Crippen LogP contribution in [0, 0.1) is 6.92 Å². The van der Waals surface area contributed by atoms with Crippen LogP contribution in [-0.2, 0) is 10.0 Å². The Kier molecular flexibility index (Phi) is 4.22. The minimum absolute atomic E-state index is 0.187. The van der Waals surface area contributed by atoms with Crippen LogP contribution in [-0.4, -0.2) is 13.4 Å². The van der Waals surface area contributed by atoms with Gasteiger partial charge in [0.05, 0.1) is 15.0 Å². The Bertz CT molecular complexity index is 916. The summed E-state index contributed by atoms with van der Waals surface area (Å²) in [4.78, 5) is 4.41. The maximum atomic E-state index is 12.3. The predicted octanol–water partition coefficient (Wildman–Crippen LogP) is 4.63. The fourth-order valence-electron chi connectivity index (χ4n) is 1.89. The maximum Gasteiger partial charge on any atom is 0.271 e. The van der Waals surface area contributed by atoms with Crippen molar-refractivity contribution in [3.63, 3.8) is 0 Å². The quantitative estimate of drug-likeness (QED) is 0.728. The van der Waals surface area contributed by atoms with E-state index in [0.29, 0.717) is 10.0 Å². The van der Waals surface area contributed by atoms with Gasteiger partial charge >= 0.3 is 0 Å². The lowest BCUT2D eigenvalue weighted by Gasteiger charge is -2.07. The van der Waals surface area contributed by atoms with Crippen molar-refractivity contribution in [3.8, 4) is 11.3 Å². The summed E-state index contributed by atoms with van der Waals surface area (Å²) < 4.78 is 27.8. The van der Waals surface area contributed by atoms with E-state index in [2.05, 4.69) is 9.71 Å². The smallest absolute Gasteiger partial charge is 0.271 e. The summed E-state index contributed by atoms with van der Waals surface area (Å²) in [6.07, 6.45) is 0. The number of hydrogen-bond donors (Lipinski definition) is 1. The van der Waals surface area contributed by atoms with Crippen LogP contribution < -0.4 is 4.72 Å². The third-order valence-electron chi connectivity index (χ3n) is 2.84. The Morgan fingerprint density at radius 2 is 2.05 bits per heavy atom. The number of nitrogens with zero attached hydrogens (tertiary/aromatic N) is 1. The summed E-state index contributed by atoms with van der Waals surface area (Å²) in [7, 11) is -3.62. The summed E-state index contributed by atoms with van der Waals surface area (Å²) in [6, 6.07) is 10.2. The van der Waals surface area contributed by atoms with Crippen molar-refractivity contribution in [1.29, 1.82) is 0 Å². The fourth-order valence-corrected chi connectivity index (χ4v) is 5.04. The predicted molar refractivity (Wildman–Crippen MR) is 92.4 cm³/mol. The van der Waals surface area contributed by atoms with E-state index in [4.69, 9.17) is 11.6 Å². The minimum atomic E-state index is -3.62. The molecular formula is C14H11ClN2O2S3. The first-order valence-corrected chi connectivity index (χ1v) is 9.80. The van der Waals surface area contributed by atoms with Crippen LogP contribution in [0.5, 0.6) is 0 Å². The van der Waals surface area contributed by atoms with Crippen molar-refractivity contribution >= 4 is 50.0 Å². The Labute approximate surface area is 141 Å². The number of anilines is 1. The number of benzene rings is 1. The second kappa shape index (κ2) is 6.00. The van der Waals surface area contributed by atoms with Crippen molar-refractivity contribution < 1.29 is 8.42 Å². The van der Waals surface area contributed by atoms with Gasteiger partial charge in [-0.25, -0.2) is 13.4 Å². The van der Waals surface area contributed by atoms with Gasteiger partial charge in [0, 0.05) is 16.6 Å². The molecule has 3 aromatic rings. The molecule has 0 saturated carbocycles. The molecule has 8 heteroatoms. The zero-order valence-electron chi connectivity index (χ0n) is 11.4. The van der Waals surface area contributed by atoms with Crippen LogP contribution in [0.1, 0.15) is 5.01 Å². The number of hydrogen-bond acceptors (Lipinski definition) is 5. The Morgan fingerprint density at radius 3 is 2.68 bits per heavy atom. The summed E-state index contributed by atoms with van der Waals surface area (Å²) in [5, 5.41) is 2.91. The van der Waals surface area contributed by atoms with Crippen molar-refractivity contribution in [1.82, 2.24) is 4.98 Å². The van der Waals surface area contributed by atoms with E-state index in [1.54, 1.807) is 35.6 Å². The molecule has 0 unspecified atom stereocenters. The van der Waals surface area contributed by atoms with Crippen LogP contribution in [0.2, 0.25) is 4.34 Å². The zero-order chi connectivity index (χ0) is 15.7. The first-order chi connectivity index (χ1) is 10.4. The number of rotatable bonds is 4. The Hall–Kier alpha value is -1.41. The average molecular weight is 371 g/mol. The van der Waals surface area contributed by atoms with Crippen LogP contribution in [0.4, 0.5) is 5.69 Å². The molecule has 0 aliphatic heterocycles. The van der Waals surface area contributed by atoms with E-state index in [-0.39, 0.29) is 4.21 Å². The molecule has 3 rings (SSSR count). The molecule has 1 aromatic carbocycles. The van der Waals surface area contributed by atoms with Gasteiger partial charge in [-0.05, 0) is 31.2 Å². The topological polar surface area (TPSA) is 59.1 Å². The highest BCUT2D eigenvalue weighted by atomic mass is 35.5. The lowest BCUT2D eigenvalue weighted by molar-refractivity contribution is 0.603. The van der Waals surface area contributed by atoms with Crippen LogP contribution in [0.3, 0.4) is 0 Å². The normalized spacial score (nSPS) is 11.5. The largest absolute Gasteiger partial charge is 0.279 e. The van der Waals surface area contributed by atoms with Crippen molar-refractivity contribution in [3.05, 3.63) is 51.1 Å². The molecule has 0 spiro atoms. The Morgan fingerprint density at radius 1 is 1.23 bits per heavy atom. The van der Waals surface area contributed by atoms with E-state index < -0.39 is 10.0 Å². The van der Waals surface area contributed by atoms with E-state index in [0.717, 1.165) is 27.6 Å². The average Bonchev–Trinajstić information content (AvgIpc) is 3.08. The third kappa shape index (κ3) is 3.33. The van der Waals surface area contributed by atoms with Gasteiger partial charge in [0.1, 0.15) is 4.21 Å². The summed E-state index contributed by atoms with van der Waals surface area (Å²) in [6.45, 7) is 1.93. The molecule has 0 atom stereocenters. The SMILES string of the molecule is Cc1nc(-c2cccc(NS(=O)(=O)c3ccc(Cl)s3)c2)cs1. The molecule has 2 heterocycles. The molecular weight excluding hydrogens is 360 g/mol. The lowest BCUT2D eigenvalue weighted by atomic mass is 10.1. The summed E-state index contributed by atoms with van der Waals surface area (Å²) in [5.41, 5.74) is 2.20. The van der Waals surface area contributed by atoms with Gasteiger partial charge < -0.3 is 0 Å². The number of sulfonamides is 1. The molecule has 0 aliphatic rings. The third-order valence-corrected chi connectivity index (χ3v) is 6.72. The van der Waals surface area contributed by atoms with E-state index in [1.807, 2.05) is 18.4 Å². The van der Waals surface area contributed by atoms with Gasteiger partial charge in [-0.3, -0.25) is 4.72 Å². The number of thiophene rings is 1. The first kappa shape index (κ1) is 15.5. The number of thiazole rings is 1. The number of nitrogens with one attached hydrogen (secondary N) is 1. The van der Waals surface area contributed by atoms with Crippen LogP contribution in [0.25, 0.3) is 11.3 Å². The molecule has 2 aromatic heterocycles. The molecule has 0 amide bonds. The monoisotopic (exact) mass is 370 g/mol. The van der Waals surface area contributed by atoms with Gasteiger partial charge in [0.25, 0.3) is 10.0 Å². The van der Waals surface area contributed by atoms with Crippen LogP contribution in [0.15, 0.2) is 46.0 Å². The molecule has 4 nitrogen and oxygen atoms in total. The van der Waals surface area contributed by atoms with Crippen molar-refractivity contribution in [2.24, 2.45) is 0 Å². The molecule has 0 saturated heterocycles. The summed E-state index contributed by atoms with van der Waals surface area (Å²) in [5.74, 6) is 0. The lowest BCUT2D eigenvalue weighted by Crippen LogP contribution is -2.11. The van der Waals surface area contributed by atoms with Gasteiger partial charge in [-0.1, -0.05) is 23.7 Å². The van der Waals surface area contributed by atoms with E-state index in [9.17, 15) is 8.42 Å². The van der Waals surface area contributed by atoms with E-state index >= 15 is 0 Å². The Balaban J connectivity index is 1.90. The van der Waals surface area contributed by atoms with Gasteiger partial charge in [0.2, 0.25) is 0 Å². The second-order valence-electron chi connectivity index (χ2n) is 4.50. The zero-order valence-corrected chi connectivity index (χ0v) is 14.6. The van der Waals surface area contributed by atoms with E-state index in [1.165, 1.54) is 6.07 Å². The number of halogens is 1. The van der Waals surface area contributed by atoms with Crippen molar-refractivity contribution in [2.45, 2.75) is 11.1 Å². The van der Waals surface area contributed by atoms with Crippen LogP contribution >= 0.6 is 34.3 Å². The molecule has 0 aliphatic carbocycles. The van der Waals surface area contributed by atoms with Crippen molar-refractivity contribution in [2.75, 3.05) is 4.72 Å². The molecule has 22 heavy (non-hydrogen) atoms. The molecule has 0 bridgehead atoms. The standard InChI is InChI=1S/C14H11ClN2O2S3/c1-9-16-12(8-20-9)10-3-2-4-11(7-10)17-22(18,19)14-6-5-13(15)21-14/h2-8,17H,1H3. The fraction of sp³-hybridized carbons (Fsp3) is 0.0714. The first-order valence-electron chi connectivity index (χ1n) is 6.25. The minimum Gasteiger partial charge on any atom is -0.279 e. The van der Waals surface area contributed by atoms with Gasteiger partial charge in [-0.2, -0.15) is 0 Å². The molecule has 1 N–H and O–H groups in total. The molecule has 0 fully saturated rings. The summed E-state index contributed by atoms with van der Waals surface area (Å²) >= 11 is 8.37. The molecule has 114 valence electrons. The highest BCUT2D eigenvalue weighted by Gasteiger charge is 2.17. The highest BCUT2D eigenvalue weighted by Crippen LogP contribution is 2.29.